The molecule has 1 N–H and O–H groups in total. The van der Waals surface area contributed by atoms with Crippen LogP contribution in [0.1, 0.15) is 29.6 Å². The summed E-state index contributed by atoms with van der Waals surface area (Å²) in [6, 6.07) is 0.872. The second-order valence-corrected chi connectivity index (χ2v) is 5.74. The number of likely N-dealkylation sites (N-methyl/N-ethyl adjacent to an activating group) is 1. The first kappa shape index (κ1) is 14.2. The minimum absolute atomic E-state index is 0.234. The van der Waals surface area contributed by atoms with E-state index in [-0.39, 0.29) is 5.91 Å². The van der Waals surface area contributed by atoms with Gasteiger partial charge in [0, 0.05) is 27.7 Å². The fourth-order valence-electron chi connectivity index (χ4n) is 1.61. The largest absolute Gasteiger partial charge is 0.479 e. The smallest absolute Gasteiger partial charge is 0.331 e. The third kappa shape index (κ3) is 3.07. The number of carboxylic acids is 1. The molecule has 1 rings (SSSR count). The van der Waals surface area contributed by atoms with Crippen molar-refractivity contribution >= 4 is 39.1 Å². The number of carboxylic acid groups (broad SMARTS) is 1. The lowest BCUT2D eigenvalue weighted by molar-refractivity contribution is -0.149. The van der Waals surface area contributed by atoms with Gasteiger partial charge >= 0.3 is 5.97 Å². The van der Waals surface area contributed by atoms with E-state index >= 15 is 0 Å². The zero-order valence-corrected chi connectivity index (χ0v) is 12.3. The lowest BCUT2D eigenvalue weighted by Crippen LogP contribution is -2.36. The molecule has 0 aliphatic carbocycles. The predicted octanol–water partition coefficient (Wildman–Crippen LogP) is 2.81. The van der Waals surface area contributed by atoms with Crippen molar-refractivity contribution in [2.75, 3.05) is 6.54 Å². The Morgan fingerprint density at radius 1 is 1.59 bits per heavy atom. The number of aryl methyl sites for hydroxylation is 1. The van der Waals surface area contributed by atoms with Crippen molar-refractivity contribution in [2.24, 2.45) is 0 Å². The van der Waals surface area contributed by atoms with Crippen LogP contribution in [0.2, 0.25) is 0 Å². The fraction of sp³-hybridized carbons (Fsp3) is 0.455. The Morgan fingerprint density at radius 3 is 2.47 bits per heavy atom. The molecule has 17 heavy (non-hydrogen) atoms. The minimum atomic E-state index is -1.00. The molecule has 0 bridgehead atoms. The number of hydrogen-bond acceptors (Lipinski definition) is 3. The average Bonchev–Trinajstić information content (AvgIpc) is 2.53. The van der Waals surface area contributed by atoms with Gasteiger partial charge in [-0.05, 0) is 35.8 Å². The van der Waals surface area contributed by atoms with Gasteiger partial charge in [-0.15, -0.1) is 11.3 Å². The summed E-state index contributed by atoms with van der Waals surface area (Å²) in [5.74, 6) is -1.24. The number of nitrogens with zero attached hydrogens (tertiary/aromatic N) is 1. The Bertz CT molecular complexity index is 424. The molecule has 1 aromatic heterocycles. The lowest BCUT2D eigenvalue weighted by Gasteiger charge is -2.25. The normalized spacial score (nSPS) is 12.2. The molecule has 6 heteroatoms. The highest BCUT2D eigenvalue weighted by atomic mass is 79.9. The standard InChI is InChI=1S/C11H14BrNO3S/c1-4-13(7(3)14)10(11(15)16)9-5-8(12)6(2)17-9/h5,10H,4H2,1-3H3,(H,15,16). The molecule has 1 amide bonds. The van der Waals surface area contributed by atoms with Gasteiger partial charge in [0.05, 0.1) is 0 Å². The maximum atomic E-state index is 11.4. The quantitative estimate of drug-likeness (QED) is 0.928. The van der Waals surface area contributed by atoms with Gasteiger partial charge in [0.25, 0.3) is 0 Å². The number of carbonyl (C=O) groups excluding carboxylic acids is 1. The summed E-state index contributed by atoms with van der Waals surface area (Å²) in [5.41, 5.74) is 0. The van der Waals surface area contributed by atoms with Gasteiger partial charge in [-0.2, -0.15) is 0 Å². The van der Waals surface area contributed by atoms with Crippen LogP contribution < -0.4 is 0 Å². The molecule has 0 saturated carbocycles. The Kier molecular flexibility index (Phi) is 4.70. The van der Waals surface area contributed by atoms with E-state index in [9.17, 15) is 14.7 Å². The highest BCUT2D eigenvalue weighted by molar-refractivity contribution is 9.10. The van der Waals surface area contributed by atoms with Crippen LogP contribution in [0.3, 0.4) is 0 Å². The van der Waals surface area contributed by atoms with Crippen LogP contribution in [0.25, 0.3) is 0 Å². The van der Waals surface area contributed by atoms with Crippen LogP contribution in [0, 0.1) is 6.92 Å². The molecule has 0 spiro atoms. The van der Waals surface area contributed by atoms with Crippen LogP contribution in [0.4, 0.5) is 0 Å². The van der Waals surface area contributed by atoms with Crippen molar-refractivity contribution < 1.29 is 14.7 Å². The lowest BCUT2D eigenvalue weighted by atomic mass is 10.2. The Hall–Kier alpha value is -0.880. The predicted molar refractivity (Wildman–Crippen MR) is 70.2 cm³/mol. The first-order chi connectivity index (χ1) is 7.88. The number of thiophene rings is 1. The highest BCUT2D eigenvalue weighted by Crippen LogP contribution is 2.33. The van der Waals surface area contributed by atoms with Crippen LogP contribution in [0.5, 0.6) is 0 Å². The number of rotatable bonds is 4. The molecule has 0 saturated heterocycles. The van der Waals surface area contributed by atoms with Gasteiger partial charge in [0.15, 0.2) is 6.04 Å². The average molecular weight is 320 g/mol. The molecule has 0 aliphatic heterocycles. The van der Waals surface area contributed by atoms with Crippen molar-refractivity contribution in [3.8, 4) is 0 Å². The summed E-state index contributed by atoms with van der Waals surface area (Å²) in [4.78, 5) is 25.8. The maximum Gasteiger partial charge on any atom is 0.331 e. The molecule has 1 atom stereocenters. The molecule has 94 valence electrons. The Balaban J connectivity index is 3.17. The Morgan fingerprint density at radius 2 is 2.18 bits per heavy atom. The van der Waals surface area contributed by atoms with E-state index in [2.05, 4.69) is 15.9 Å². The van der Waals surface area contributed by atoms with Gasteiger partial charge in [0.1, 0.15) is 0 Å². The first-order valence-corrected chi connectivity index (χ1v) is 6.75. The third-order valence-corrected chi connectivity index (χ3v) is 4.63. The molecule has 0 aliphatic rings. The van der Waals surface area contributed by atoms with Crippen LogP contribution in [-0.2, 0) is 9.59 Å². The highest BCUT2D eigenvalue weighted by Gasteiger charge is 2.30. The molecule has 1 heterocycles. The van der Waals surface area contributed by atoms with Gasteiger partial charge in [0.2, 0.25) is 5.91 Å². The second-order valence-electron chi connectivity index (χ2n) is 3.60. The molecule has 1 unspecified atom stereocenters. The summed E-state index contributed by atoms with van der Waals surface area (Å²) in [6.45, 7) is 5.43. The Labute approximate surface area is 112 Å². The molecular weight excluding hydrogens is 306 g/mol. The van der Waals surface area contributed by atoms with Gasteiger partial charge in [-0.25, -0.2) is 4.79 Å². The number of hydrogen-bond donors (Lipinski definition) is 1. The van der Waals surface area contributed by atoms with Crippen molar-refractivity contribution in [3.63, 3.8) is 0 Å². The molecular formula is C11H14BrNO3S. The van der Waals surface area contributed by atoms with Crippen molar-refractivity contribution in [1.82, 2.24) is 4.90 Å². The number of carbonyl (C=O) groups is 2. The maximum absolute atomic E-state index is 11.4. The fourth-order valence-corrected chi connectivity index (χ4v) is 3.28. The molecule has 1 aromatic rings. The zero-order valence-electron chi connectivity index (χ0n) is 9.86. The first-order valence-electron chi connectivity index (χ1n) is 5.14. The monoisotopic (exact) mass is 319 g/mol. The van der Waals surface area contributed by atoms with Gasteiger partial charge in [-0.3, -0.25) is 4.79 Å². The zero-order chi connectivity index (χ0) is 13.2. The van der Waals surface area contributed by atoms with E-state index in [0.717, 1.165) is 9.35 Å². The van der Waals surface area contributed by atoms with Gasteiger partial charge in [-0.1, -0.05) is 0 Å². The number of aliphatic carboxylic acids is 1. The molecule has 4 nitrogen and oxygen atoms in total. The van der Waals surface area contributed by atoms with E-state index in [1.165, 1.54) is 23.2 Å². The van der Waals surface area contributed by atoms with E-state index in [1.807, 2.05) is 6.92 Å². The SMILES string of the molecule is CCN(C(C)=O)C(C(=O)O)c1cc(Br)c(C)s1. The summed E-state index contributed by atoms with van der Waals surface area (Å²) in [6.07, 6.45) is 0. The topological polar surface area (TPSA) is 57.6 Å². The van der Waals surface area contributed by atoms with Crippen molar-refractivity contribution in [3.05, 3.63) is 20.3 Å². The summed E-state index contributed by atoms with van der Waals surface area (Å²) in [7, 11) is 0. The van der Waals surface area contributed by atoms with Crippen molar-refractivity contribution in [2.45, 2.75) is 26.8 Å². The summed E-state index contributed by atoms with van der Waals surface area (Å²) >= 11 is 4.75. The van der Waals surface area contributed by atoms with Crippen LogP contribution >= 0.6 is 27.3 Å². The van der Waals surface area contributed by atoms with Crippen LogP contribution in [0.15, 0.2) is 10.5 Å². The molecule has 0 radical (unpaired) electrons. The van der Waals surface area contributed by atoms with E-state index in [4.69, 9.17) is 0 Å². The minimum Gasteiger partial charge on any atom is -0.479 e. The summed E-state index contributed by atoms with van der Waals surface area (Å²) < 4.78 is 0.878. The number of halogens is 1. The van der Waals surface area contributed by atoms with E-state index in [0.29, 0.717) is 11.4 Å². The molecule has 0 aromatic carbocycles. The van der Waals surface area contributed by atoms with Crippen LogP contribution in [-0.4, -0.2) is 28.4 Å². The second kappa shape index (κ2) is 5.64. The third-order valence-electron chi connectivity index (χ3n) is 2.44. The van der Waals surface area contributed by atoms with E-state index in [1.54, 1.807) is 13.0 Å². The number of amides is 1. The molecule has 0 fully saturated rings. The van der Waals surface area contributed by atoms with Crippen molar-refractivity contribution in [1.29, 1.82) is 0 Å². The van der Waals surface area contributed by atoms with Gasteiger partial charge < -0.3 is 10.0 Å². The van der Waals surface area contributed by atoms with E-state index < -0.39 is 12.0 Å². The summed E-state index contributed by atoms with van der Waals surface area (Å²) in [5, 5.41) is 9.27.